The Labute approximate surface area is 170 Å². The van der Waals surface area contributed by atoms with Crippen molar-refractivity contribution in [2.24, 2.45) is 0 Å². The van der Waals surface area contributed by atoms with Crippen LogP contribution in [0.5, 0.6) is 11.6 Å². The number of hydrogen-bond acceptors (Lipinski definition) is 5. The van der Waals surface area contributed by atoms with E-state index in [1.807, 2.05) is 6.07 Å². The third-order valence-corrected chi connectivity index (χ3v) is 5.58. The Morgan fingerprint density at radius 2 is 2.14 bits per heavy atom. The highest BCUT2D eigenvalue weighted by Crippen LogP contribution is 2.27. The van der Waals surface area contributed by atoms with Crippen LogP contribution in [0.2, 0.25) is 0 Å². The van der Waals surface area contributed by atoms with E-state index in [1.54, 1.807) is 24.4 Å². The van der Waals surface area contributed by atoms with Gasteiger partial charge in [0.1, 0.15) is 17.6 Å². The van der Waals surface area contributed by atoms with Crippen LogP contribution in [0.25, 0.3) is 0 Å². The maximum absolute atomic E-state index is 13.4. The van der Waals surface area contributed by atoms with Crippen LogP contribution in [-0.2, 0) is 16.1 Å². The number of nitrogens with one attached hydrogen (secondary N) is 1. The summed E-state index contributed by atoms with van der Waals surface area (Å²) in [7, 11) is 0. The van der Waals surface area contributed by atoms with Gasteiger partial charge in [0.15, 0.2) is 0 Å². The second-order valence-corrected chi connectivity index (χ2v) is 7.51. The van der Waals surface area contributed by atoms with Gasteiger partial charge in [0, 0.05) is 37.0 Å². The average Bonchev–Trinajstić information content (AvgIpc) is 3.28. The largest absolute Gasteiger partial charge is 0.439 e. The number of morpholine rings is 1. The number of ether oxygens (including phenoxy) is 2. The number of carbonyl (C=O) groups is 1. The van der Waals surface area contributed by atoms with Crippen molar-refractivity contribution in [3.63, 3.8) is 0 Å². The number of rotatable bonds is 6. The smallest absolute Gasteiger partial charge is 0.240 e. The van der Waals surface area contributed by atoms with Crippen molar-refractivity contribution in [2.75, 3.05) is 19.8 Å². The number of amides is 1. The molecular weight excluding hydrogens is 373 g/mol. The number of aromatic nitrogens is 1. The van der Waals surface area contributed by atoms with Gasteiger partial charge in [-0.05, 0) is 31.0 Å². The SMILES string of the molecule is O=C(NCc1cccnc1Oc1cccc(F)c1)C1COCCN1C1CCCC1. The maximum Gasteiger partial charge on any atom is 0.240 e. The van der Waals surface area contributed by atoms with E-state index < -0.39 is 0 Å². The van der Waals surface area contributed by atoms with Crippen molar-refractivity contribution in [3.05, 3.63) is 54.0 Å². The lowest BCUT2D eigenvalue weighted by Gasteiger charge is -2.38. The fourth-order valence-electron chi connectivity index (χ4n) is 4.11. The van der Waals surface area contributed by atoms with Gasteiger partial charge in [-0.1, -0.05) is 25.0 Å². The number of benzene rings is 1. The molecule has 1 aliphatic heterocycles. The summed E-state index contributed by atoms with van der Waals surface area (Å²) in [5.41, 5.74) is 0.731. The van der Waals surface area contributed by atoms with Crippen LogP contribution in [0.1, 0.15) is 31.2 Å². The van der Waals surface area contributed by atoms with E-state index in [9.17, 15) is 9.18 Å². The topological polar surface area (TPSA) is 63.7 Å². The quantitative estimate of drug-likeness (QED) is 0.808. The van der Waals surface area contributed by atoms with Crippen molar-refractivity contribution in [2.45, 2.75) is 44.3 Å². The molecule has 29 heavy (non-hydrogen) atoms. The van der Waals surface area contributed by atoms with Crippen molar-refractivity contribution in [1.82, 2.24) is 15.2 Å². The molecule has 1 N–H and O–H groups in total. The van der Waals surface area contributed by atoms with E-state index in [0.29, 0.717) is 30.9 Å². The Morgan fingerprint density at radius 1 is 1.28 bits per heavy atom. The van der Waals surface area contributed by atoms with Gasteiger partial charge in [0.2, 0.25) is 11.8 Å². The highest BCUT2D eigenvalue weighted by Gasteiger charge is 2.35. The van der Waals surface area contributed by atoms with Gasteiger partial charge in [-0.3, -0.25) is 9.69 Å². The summed E-state index contributed by atoms with van der Waals surface area (Å²) in [6.07, 6.45) is 6.37. The highest BCUT2D eigenvalue weighted by molar-refractivity contribution is 5.82. The Kier molecular flexibility index (Phi) is 6.36. The van der Waals surface area contributed by atoms with Crippen LogP contribution in [0.15, 0.2) is 42.6 Å². The molecule has 6 nitrogen and oxygen atoms in total. The normalized spacial score (nSPS) is 20.5. The Balaban J connectivity index is 1.41. The molecule has 1 unspecified atom stereocenters. The molecule has 154 valence electrons. The van der Waals surface area contributed by atoms with Crippen LogP contribution in [0.4, 0.5) is 4.39 Å². The zero-order chi connectivity index (χ0) is 20.1. The lowest BCUT2D eigenvalue weighted by atomic mass is 10.1. The maximum atomic E-state index is 13.4. The predicted octanol–water partition coefficient (Wildman–Crippen LogP) is 3.27. The summed E-state index contributed by atoms with van der Waals surface area (Å²) in [5.74, 6) is 0.296. The van der Waals surface area contributed by atoms with Gasteiger partial charge in [-0.15, -0.1) is 0 Å². The van der Waals surface area contributed by atoms with E-state index in [0.717, 1.165) is 24.9 Å². The van der Waals surface area contributed by atoms with Gasteiger partial charge >= 0.3 is 0 Å². The number of carbonyl (C=O) groups excluding carboxylic acids is 1. The molecule has 4 rings (SSSR count). The van der Waals surface area contributed by atoms with Crippen LogP contribution in [0, 0.1) is 5.82 Å². The van der Waals surface area contributed by atoms with Crippen LogP contribution >= 0.6 is 0 Å². The Hall–Kier alpha value is -2.51. The van der Waals surface area contributed by atoms with E-state index in [4.69, 9.17) is 9.47 Å². The first-order chi connectivity index (χ1) is 14.2. The van der Waals surface area contributed by atoms with Crippen molar-refractivity contribution < 1.29 is 18.7 Å². The zero-order valence-corrected chi connectivity index (χ0v) is 16.4. The highest BCUT2D eigenvalue weighted by atomic mass is 19.1. The average molecular weight is 399 g/mol. The summed E-state index contributed by atoms with van der Waals surface area (Å²) < 4.78 is 24.7. The molecule has 2 heterocycles. The van der Waals surface area contributed by atoms with E-state index in [2.05, 4.69) is 15.2 Å². The molecule has 2 aliphatic rings. The summed E-state index contributed by atoms with van der Waals surface area (Å²) in [6.45, 7) is 2.17. The monoisotopic (exact) mass is 399 g/mol. The van der Waals surface area contributed by atoms with Crippen molar-refractivity contribution >= 4 is 5.91 Å². The molecule has 0 radical (unpaired) electrons. The number of hydrogen-bond donors (Lipinski definition) is 1. The molecule has 1 amide bonds. The van der Waals surface area contributed by atoms with Gasteiger partial charge in [-0.25, -0.2) is 9.37 Å². The fraction of sp³-hybridized carbons (Fsp3) is 0.455. The summed E-state index contributed by atoms with van der Waals surface area (Å²) in [4.78, 5) is 19.5. The van der Waals surface area contributed by atoms with E-state index >= 15 is 0 Å². The minimum Gasteiger partial charge on any atom is -0.439 e. The Bertz CT molecular complexity index is 842. The van der Waals surface area contributed by atoms with Gasteiger partial charge in [-0.2, -0.15) is 0 Å². The molecule has 1 saturated carbocycles. The van der Waals surface area contributed by atoms with Crippen LogP contribution in [0.3, 0.4) is 0 Å². The third kappa shape index (κ3) is 4.92. The van der Waals surface area contributed by atoms with E-state index in [-0.39, 0.29) is 24.3 Å². The van der Waals surface area contributed by atoms with Gasteiger partial charge < -0.3 is 14.8 Å². The standard InChI is InChI=1S/C22H26FN3O3/c23-17-6-3-9-19(13-17)29-22-16(5-4-10-24-22)14-25-21(27)20-15-28-12-11-26(20)18-7-1-2-8-18/h3-6,9-10,13,18,20H,1-2,7-8,11-12,14-15H2,(H,25,27). The molecular formula is C22H26FN3O3. The molecule has 1 aromatic heterocycles. The molecule has 0 bridgehead atoms. The summed E-state index contributed by atoms with van der Waals surface area (Å²) in [6, 6.07) is 9.73. The predicted molar refractivity (Wildman–Crippen MR) is 106 cm³/mol. The second kappa shape index (κ2) is 9.33. The molecule has 1 atom stereocenters. The third-order valence-electron chi connectivity index (χ3n) is 5.58. The molecule has 2 fully saturated rings. The van der Waals surface area contributed by atoms with Gasteiger partial charge in [0.05, 0.1) is 13.2 Å². The first-order valence-corrected chi connectivity index (χ1v) is 10.2. The van der Waals surface area contributed by atoms with Crippen molar-refractivity contribution in [3.8, 4) is 11.6 Å². The summed E-state index contributed by atoms with van der Waals surface area (Å²) in [5, 5.41) is 3.01. The number of pyridine rings is 1. The van der Waals surface area contributed by atoms with E-state index in [1.165, 1.54) is 25.0 Å². The Morgan fingerprint density at radius 3 is 2.97 bits per heavy atom. The minimum atomic E-state index is -0.377. The second-order valence-electron chi connectivity index (χ2n) is 7.51. The zero-order valence-electron chi connectivity index (χ0n) is 16.4. The fourth-order valence-corrected chi connectivity index (χ4v) is 4.11. The minimum absolute atomic E-state index is 0.0443. The van der Waals surface area contributed by atoms with Crippen molar-refractivity contribution in [1.29, 1.82) is 0 Å². The molecule has 1 aliphatic carbocycles. The van der Waals surface area contributed by atoms with Crippen LogP contribution < -0.4 is 10.1 Å². The lowest BCUT2D eigenvalue weighted by molar-refractivity contribution is -0.134. The number of halogens is 1. The van der Waals surface area contributed by atoms with Crippen LogP contribution in [-0.4, -0.2) is 47.6 Å². The number of nitrogens with zero attached hydrogens (tertiary/aromatic N) is 2. The molecule has 2 aromatic rings. The molecule has 1 aromatic carbocycles. The first-order valence-electron chi connectivity index (χ1n) is 10.2. The molecule has 7 heteroatoms. The first kappa shape index (κ1) is 19.8. The molecule has 0 spiro atoms. The lowest BCUT2D eigenvalue weighted by Crippen LogP contribution is -2.56. The summed E-state index contributed by atoms with van der Waals surface area (Å²) >= 11 is 0. The molecule has 1 saturated heterocycles. The van der Waals surface area contributed by atoms with Gasteiger partial charge in [0.25, 0.3) is 0 Å².